The molecule has 44 heavy (non-hydrogen) atoms. The topological polar surface area (TPSA) is 124 Å². The lowest BCUT2D eigenvalue weighted by Gasteiger charge is -2.61. The van der Waals surface area contributed by atoms with Crippen LogP contribution in [0.15, 0.2) is 11.1 Å². The van der Waals surface area contributed by atoms with Crippen LogP contribution in [0.5, 0.6) is 0 Å². The van der Waals surface area contributed by atoms with E-state index in [1.807, 2.05) is 0 Å². The van der Waals surface area contributed by atoms with Crippen LogP contribution < -0.4 is 0 Å². The Morgan fingerprint density at radius 3 is 2.11 bits per heavy atom. The minimum Gasteiger partial charge on any atom is -0.463 e. The van der Waals surface area contributed by atoms with Gasteiger partial charge in [0, 0.05) is 32.6 Å². The molecular formula is C32H52O10SSi. The van der Waals surface area contributed by atoms with Crippen molar-refractivity contribution in [2.24, 2.45) is 22.7 Å². The van der Waals surface area contributed by atoms with E-state index < -0.39 is 72.3 Å². The van der Waals surface area contributed by atoms with Gasteiger partial charge in [-0.05, 0) is 72.7 Å². The van der Waals surface area contributed by atoms with E-state index >= 15 is 0 Å². The van der Waals surface area contributed by atoms with E-state index in [0.717, 1.165) is 29.3 Å². The van der Waals surface area contributed by atoms with Crippen molar-refractivity contribution in [3.05, 3.63) is 11.1 Å². The highest BCUT2D eigenvalue weighted by Crippen LogP contribution is 2.63. The van der Waals surface area contributed by atoms with Crippen molar-refractivity contribution in [3.8, 4) is 0 Å². The van der Waals surface area contributed by atoms with Crippen molar-refractivity contribution in [3.63, 3.8) is 0 Å². The Morgan fingerprint density at radius 2 is 1.57 bits per heavy atom. The molecule has 0 N–H and O–H groups in total. The normalized spacial score (nSPS) is 38.1. The first-order valence-corrected chi connectivity index (χ1v) is 19.7. The van der Waals surface area contributed by atoms with Crippen LogP contribution in [-0.2, 0) is 52.7 Å². The van der Waals surface area contributed by atoms with E-state index in [0.29, 0.717) is 25.7 Å². The Morgan fingerprint density at radius 1 is 0.955 bits per heavy atom. The Kier molecular flexibility index (Phi) is 10.3. The molecule has 0 aromatic heterocycles. The average molecular weight is 657 g/mol. The summed E-state index contributed by atoms with van der Waals surface area (Å²) in [6, 6.07) is 2.91. The van der Waals surface area contributed by atoms with Crippen LogP contribution in [0.4, 0.5) is 0 Å². The third kappa shape index (κ3) is 6.22. The summed E-state index contributed by atoms with van der Waals surface area (Å²) in [6.07, 6.45) is -0.127. The summed E-state index contributed by atoms with van der Waals surface area (Å²) in [7, 11) is -2.09. The summed E-state index contributed by atoms with van der Waals surface area (Å²) in [4.78, 5) is 37.8. The van der Waals surface area contributed by atoms with Crippen molar-refractivity contribution >= 4 is 37.6 Å². The number of carbonyl (C=O) groups excluding carboxylic acids is 3. The van der Waals surface area contributed by atoms with Crippen LogP contribution in [0, 0.1) is 22.7 Å². The first-order chi connectivity index (χ1) is 20.5. The molecule has 0 aromatic rings. The molecule has 0 spiro atoms. The van der Waals surface area contributed by atoms with E-state index in [4.69, 9.17) is 27.0 Å². The molecule has 1 saturated heterocycles. The lowest BCUT2D eigenvalue weighted by molar-refractivity contribution is -0.221. The molecule has 4 unspecified atom stereocenters. The maximum Gasteiger partial charge on any atom is 0.305 e. The van der Waals surface area contributed by atoms with Gasteiger partial charge in [-0.1, -0.05) is 41.5 Å². The quantitative estimate of drug-likeness (QED) is 0.132. The summed E-state index contributed by atoms with van der Waals surface area (Å²) in [5, 5.41) is 0. The average Bonchev–Trinajstić information content (AvgIpc) is 3.25. The second-order valence-electron chi connectivity index (χ2n) is 14.2. The minimum absolute atomic E-state index is 0.207. The van der Waals surface area contributed by atoms with Gasteiger partial charge >= 0.3 is 29.3 Å². The molecule has 0 amide bonds. The molecule has 1 heterocycles. The van der Waals surface area contributed by atoms with Gasteiger partial charge in [0.05, 0.1) is 6.10 Å². The van der Waals surface area contributed by atoms with Gasteiger partial charge in [0.15, 0.2) is 13.9 Å². The van der Waals surface area contributed by atoms with E-state index in [2.05, 4.69) is 48.5 Å². The van der Waals surface area contributed by atoms with Crippen LogP contribution in [0.25, 0.3) is 0 Å². The summed E-state index contributed by atoms with van der Waals surface area (Å²) in [5.41, 5.74) is -0.482. The molecule has 1 aliphatic heterocycles. The first-order valence-electron chi connectivity index (χ1n) is 16.1. The zero-order valence-electron chi connectivity index (χ0n) is 28.1. The molecule has 250 valence electrons. The van der Waals surface area contributed by atoms with E-state index in [1.54, 1.807) is 0 Å². The van der Waals surface area contributed by atoms with Gasteiger partial charge in [0.1, 0.15) is 24.9 Å². The lowest BCUT2D eigenvalue weighted by Crippen LogP contribution is -2.68. The summed E-state index contributed by atoms with van der Waals surface area (Å²) >= 11 is -2.09. The fraction of sp³-hybridized carbons (Fsp3) is 0.844. The number of carbonyl (C=O) groups is 3. The monoisotopic (exact) mass is 656 g/mol. The van der Waals surface area contributed by atoms with Crippen LogP contribution in [-0.4, -0.2) is 67.1 Å². The van der Waals surface area contributed by atoms with Crippen molar-refractivity contribution in [1.82, 2.24) is 0 Å². The Bertz CT molecular complexity index is 1190. The van der Waals surface area contributed by atoms with Crippen molar-refractivity contribution in [2.45, 2.75) is 143 Å². The number of fused-ring (bicyclic) bond motifs is 5. The lowest BCUT2D eigenvalue weighted by atomic mass is 9.48. The van der Waals surface area contributed by atoms with E-state index in [9.17, 15) is 18.6 Å². The smallest absolute Gasteiger partial charge is 0.305 e. The molecule has 0 aromatic carbocycles. The number of rotatable bonds is 9. The van der Waals surface area contributed by atoms with Crippen LogP contribution in [0.2, 0.25) is 18.1 Å². The molecule has 12 heteroatoms. The van der Waals surface area contributed by atoms with E-state index in [1.165, 1.54) is 20.8 Å². The third-order valence-electron chi connectivity index (χ3n) is 11.4. The maximum absolute atomic E-state index is 13.0. The third-order valence-corrected chi connectivity index (χ3v) is 16.8. The molecule has 4 aliphatic rings. The summed E-state index contributed by atoms with van der Waals surface area (Å²) in [5.74, 6) is -2.23. The van der Waals surface area contributed by atoms with Crippen LogP contribution in [0.3, 0.4) is 0 Å². The SMILES string of the molecule is CC[Si](CC)(CC)O[C@H]1CC2C(OC(C)=O)C3[C@@](C)(CC[C@@H]4OS(=O)O[C@]34COC(C)=O)C[C@H](OC(C)=O)C(=C1C)C2(C)C. The van der Waals surface area contributed by atoms with Gasteiger partial charge in [-0.2, -0.15) is 4.21 Å². The number of esters is 3. The first kappa shape index (κ1) is 35.3. The predicted octanol–water partition coefficient (Wildman–Crippen LogP) is 5.72. The molecule has 2 saturated carbocycles. The highest BCUT2D eigenvalue weighted by atomic mass is 32.2. The van der Waals surface area contributed by atoms with Crippen LogP contribution in [0.1, 0.15) is 94.9 Å². The molecule has 9 atom stereocenters. The van der Waals surface area contributed by atoms with Gasteiger partial charge in [-0.3, -0.25) is 22.7 Å². The molecule has 10 nitrogen and oxygen atoms in total. The van der Waals surface area contributed by atoms with Gasteiger partial charge in [-0.25, -0.2) is 0 Å². The second kappa shape index (κ2) is 12.9. The molecular weight excluding hydrogens is 604 g/mol. The minimum atomic E-state index is -2.09. The van der Waals surface area contributed by atoms with Gasteiger partial charge in [-0.15, -0.1) is 0 Å². The van der Waals surface area contributed by atoms with Crippen molar-refractivity contribution in [2.75, 3.05) is 6.61 Å². The standard InChI is InChI=1S/C32H52O10SSi/c1-11-44(12-2,13-3)41-24-16-23-28(39-22(7)35)29-31(10,17-25(38-21(6)34)27(19(24)4)30(23,8)9)15-14-26-32(29,18-37-20(5)33)42-43(36)40-26/h23-26,28-29H,11-18H2,1-10H3/t23?,24-,25-,26-,28?,29?,31-,32-,43?/m0/s1. The zero-order valence-corrected chi connectivity index (χ0v) is 29.9. The highest BCUT2D eigenvalue weighted by Gasteiger charge is 2.70. The van der Waals surface area contributed by atoms with Crippen molar-refractivity contribution in [1.29, 1.82) is 0 Å². The Labute approximate surface area is 266 Å². The molecule has 3 aliphatic carbocycles. The van der Waals surface area contributed by atoms with Gasteiger partial charge in [0.2, 0.25) is 0 Å². The fourth-order valence-corrected chi connectivity index (χ4v) is 13.0. The fourth-order valence-electron chi connectivity index (χ4n) is 9.09. The molecule has 0 radical (unpaired) electrons. The Balaban J connectivity index is 2.00. The molecule has 3 fully saturated rings. The van der Waals surface area contributed by atoms with Gasteiger partial charge in [0.25, 0.3) is 0 Å². The molecule has 4 rings (SSSR count). The number of ether oxygens (including phenoxy) is 3. The van der Waals surface area contributed by atoms with E-state index in [-0.39, 0.29) is 24.6 Å². The summed E-state index contributed by atoms with van der Waals surface area (Å²) < 4.78 is 50.3. The highest BCUT2D eigenvalue weighted by molar-refractivity contribution is 7.75. The van der Waals surface area contributed by atoms with Crippen LogP contribution >= 0.6 is 0 Å². The Hall–Kier alpha value is -1.60. The maximum atomic E-state index is 13.0. The largest absolute Gasteiger partial charge is 0.463 e. The zero-order chi connectivity index (χ0) is 32.8. The second-order valence-corrected chi connectivity index (χ2v) is 19.7. The molecule has 2 bridgehead atoms. The number of hydrogen-bond donors (Lipinski definition) is 0. The summed E-state index contributed by atoms with van der Waals surface area (Å²) in [6.45, 7) is 18.9. The number of hydrogen-bond acceptors (Lipinski definition) is 10. The van der Waals surface area contributed by atoms with Crippen molar-refractivity contribution < 1.29 is 45.6 Å². The van der Waals surface area contributed by atoms with Gasteiger partial charge < -0.3 is 18.6 Å². The predicted molar refractivity (Wildman–Crippen MR) is 167 cm³/mol.